The van der Waals surface area contributed by atoms with Gasteiger partial charge in [0.2, 0.25) is 5.78 Å². The minimum Gasteiger partial charge on any atom is -0.460 e. The van der Waals surface area contributed by atoms with E-state index in [1.165, 1.54) is 0 Å². The van der Waals surface area contributed by atoms with Crippen molar-refractivity contribution in [2.75, 3.05) is 0 Å². The molecule has 0 saturated heterocycles. The van der Waals surface area contributed by atoms with Crippen LogP contribution in [0.2, 0.25) is 25.2 Å². The zero-order valence-electron chi connectivity index (χ0n) is 15.6. The molecule has 0 aliphatic heterocycles. The van der Waals surface area contributed by atoms with E-state index >= 15 is 0 Å². The molecule has 5 rings (SSSR count). The topological polar surface area (TPSA) is 47.3 Å². The van der Waals surface area contributed by atoms with Gasteiger partial charge in [0, 0.05) is 34.1 Å². The fourth-order valence-electron chi connectivity index (χ4n) is 5.55. The van der Waals surface area contributed by atoms with E-state index in [1.807, 2.05) is 12.1 Å². The van der Waals surface area contributed by atoms with Crippen LogP contribution in [-0.2, 0) is 11.8 Å². The number of fused-ring (bicyclic) bond motifs is 4. The number of benzene rings is 1. The number of ketones is 2. The Bertz CT molecular complexity index is 1030. The highest BCUT2D eigenvalue weighted by molar-refractivity contribution is 6.78. The van der Waals surface area contributed by atoms with Gasteiger partial charge in [-0.15, -0.1) is 0 Å². The summed E-state index contributed by atoms with van der Waals surface area (Å²) in [5.74, 6) is 0.585. The van der Waals surface area contributed by atoms with E-state index in [0.717, 1.165) is 33.4 Å². The maximum atomic E-state index is 13.4. The highest BCUT2D eigenvalue weighted by atomic mass is 28.3. The van der Waals surface area contributed by atoms with Crippen molar-refractivity contribution >= 4 is 25.7 Å². The van der Waals surface area contributed by atoms with Crippen LogP contribution in [0.15, 0.2) is 28.9 Å². The second kappa shape index (κ2) is 4.74. The Morgan fingerprint density at radius 1 is 1.15 bits per heavy atom. The summed E-state index contributed by atoms with van der Waals surface area (Å²) in [6, 6.07) is 3.99. The van der Waals surface area contributed by atoms with Gasteiger partial charge in [-0.05, 0) is 23.1 Å². The van der Waals surface area contributed by atoms with Gasteiger partial charge in [-0.25, -0.2) is 0 Å². The summed E-state index contributed by atoms with van der Waals surface area (Å²) in [4.78, 5) is 25.6. The van der Waals surface area contributed by atoms with Gasteiger partial charge in [0.15, 0.2) is 11.5 Å². The maximum absolute atomic E-state index is 13.4. The van der Waals surface area contributed by atoms with E-state index < -0.39 is 8.07 Å². The molecule has 3 nitrogen and oxygen atoms in total. The van der Waals surface area contributed by atoms with Crippen molar-refractivity contribution in [2.45, 2.75) is 50.4 Å². The lowest BCUT2D eigenvalue weighted by atomic mass is 9.63. The largest absolute Gasteiger partial charge is 0.460 e. The van der Waals surface area contributed by atoms with E-state index in [4.69, 9.17) is 4.42 Å². The Balaban J connectivity index is 1.89. The zero-order chi connectivity index (χ0) is 18.4. The Kier molecular flexibility index (Phi) is 2.92. The molecule has 3 aliphatic carbocycles. The van der Waals surface area contributed by atoms with Gasteiger partial charge >= 0.3 is 0 Å². The molecular weight excluding hydrogens is 340 g/mol. The van der Waals surface area contributed by atoms with Crippen molar-refractivity contribution < 1.29 is 14.0 Å². The number of carbonyl (C=O) groups excluding carboxylic acids is 2. The average Bonchev–Trinajstić information content (AvgIpc) is 3.17. The molecule has 3 aliphatic rings. The van der Waals surface area contributed by atoms with Gasteiger partial charge < -0.3 is 4.42 Å². The van der Waals surface area contributed by atoms with E-state index in [2.05, 4.69) is 38.7 Å². The molecule has 4 heteroatoms. The Morgan fingerprint density at radius 3 is 2.65 bits per heavy atom. The fraction of sp³-hybridized carbons (Fsp3) is 0.364. The summed E-state index contributed by atoms with van der Waals surface area (Å²) < 4.78 is 5.80. The normalized spacial score (nSPS) is 25.9. The summed E-state index contributed by atoms with van der Waals surface area (Å²) in [5, 5.41) is 0. The van der Waals surface area contributed by atoms with Gasteiger partial charge in [0.1, 0.15) is 0 Å². The molecule has 1 heterocycles. The molecule has 132 valence electrons. The summed E-state index contributed by atoms with van der Waals surface area (Å²) in [6.07, 6.45) is 7.34. The lowest BCUT2D eigenvalue weighted by molar-refractivity contribution is 0.0990. The third-order valence-corrected chi connectivity index (χ3v) is 9.21. The maximum Gasteiger partial charge on any atom is 0.229 e. The van der Waals surface area contributed by atoms with E-state index in [9.17, 15) is 9.59 Å². The molecule has 26 heavy (non-hydrogen) atoms. The second-order valence-corrected chi connectivity index (χ2v) is 14.4. The molecule has 0 bridgehead atoms. The third kappa shape index (κ3) is 1.73. The lowest BCUT2D eigenvalue weighted by Gasteiger charge is -2.47. The van der Waals surface area contributed by atoms with Crippen LogP contribution in [0.25, 0.3) is 6.08 Å². The predicted octanol–water partition coefficient (Wildman–Crippen LogP) is 4.99. The first-order valence-corrected chi connectivity index (χ1v) is 12.9. The lowest BCUT2D eigenvalue weighted by Crippen LogP contribution is -2.46. The number of furan rings is 1. The molecular formula is C22H22O3Si. The first kappa shape index (κ1) is 16.0. The smallest absolute Gasteiger partial charge is 0.229 e. The molecule has 0 N–H and O–H groups in total. The number of rotatable bonds is 1. The first-order valence-electron chi connectivity index (χ1n) is 9.29. The molecule has 0 amide bonds. The SMILES string of the molecule is C[C@]12c3ccc4c(c3C(=O)c3occ(c31)C=C[C@H]2[Si](C)(C)C)CCC4=O. The molecule has 0 fully saturated rings. The molecule has 2 atom stereocenters. The Morgan fingerprint density at radius 2 is 1.92 bits per heavy atom. The predicted molar refractivity (Wildman–Crippen MR) is 104 cm³/mol. The number of allylic oxidation sites excluding steroid dienone is 1. The van der Waals surface area contributed by atoms with Crippen LogP contribution in [0.5, 0.6) is 0 Å². The number of hydrogen-bond acceptors (Lipinski definition) is 3. The Hall–Kier alpha value is -2.20. The summed E-state index contributed by atoms with van der Waals surface area (Å²) >= 11 is 0. The molecule has 0 saturated carbocycles. The van der Waals surface area contributed by atoms with Gasteiger partial charge in [0.25, 0.3) is 0 Å². The van der Waals surface area contributed by atoms with E-state index in [1.54, 1.807) is 6.26 Å². The molecule has 1 aromatic carbocycles. The van der Waals surface area contributed by atoms with Crippen molar-refractivity contribution in [3.63, 3.8) is 0 Å². The van der Waals surface area contributed by atoms with Crippen LogP contribution >= 0.6 is 0 Å². The quantitative estimate of drug-likeness (QED) is 0.671. The number of Topliss-reactive ketones (excluding diaryl/α,β-unsaturated/α-hetero) is 1. The number of hydrogen-bond donors (Lipinski definition) is 0. The van der Waals surface area contributed by atoms with Crippen molar-refractivity contribution in [3.05, 3.63) is 63.6 Å². The van der Waals surface area contributed by atoms with Crippen LogP contribution in [-0.4, -0.2) is 19.6 Å². The summed E-state index contributed by atoms with van der Waals surface area (Å²) in [7, 11) is -1.58. The molecule has 0 radical (unpaired) electrons. The third-order valence-electron chi connectivity index (χ3n) is 6.57. The summed E-state index contributed by atoms with van der Waals surface area (Å²) in [5.41, 5.74) is 5.65. The van der Waals surface area contributed by atoms with Gasteiger partial charge in [-0.1, -0.05) is 50.8 Å². The van der Waals surface area contributed by atoms with Crippen molar-refractivity contribution in [1.82, 2.24) is 0 Å². The highest BCUT2D eigenvalue weighted by Gasteiger charge is 2.53. The van der Waals surface area contributed by atoms with Crippen LogP contribution in [0.3, 0.4) is 0 Å². The minimum atomic E-state index is -1.58. The molecule has 0 unspecified atom stereocenters. The van der Waals surface area contributed by atoms with Crippen LogP contribution in [0, 0.1) is 0 Å². The van der Waals surface area contributed by atoms with Crippen molar-refractivity contribution in [2.24, 2.45) is 0 Å². The molecule has 2 aromatic rings. The highest BCUT2D eigenvalue weighted by Crippen LogP contribution is 2.57. The monoisotopic (exact) mass is 362 g/mol. The van der Waals surface area contributed by atoms with E-state index in [-0.39, 0.29) is 17.0 Å². The van der Waals surface area contributed by atoms with Crippen molar-refractivity contribution in [1.29, 1.82) is 0 Å². The Labute approximate surface area is 154 Å². The fourth-order valence-corrected chi connectivity index (χ4v) is 8.25. The standard InChI is InChI=1S/C22H22O3Si/c1-22-15-8-6-13-14(7-9-16(13)23)18(15)20(24)21-19(22)12(11-25-21)5-10-17(22)26(2,3)4/h5-6,8,10-11,17H,7,9H2,1-4H3/t17-,22-/m1/s1. The van der Waals surface area contributed by atoms with Crippen molar-refractivity contribution in [3.8, 4) is 0 Å². The van der Waals surface area contributed by atoms with Crippen LogP contribution in [0.1, 0.15) is 62.1 Å². The number of carbonyl (C=O) groups is 2. The first-order chi connectivity index (χ1) is 12.2. The minimum absolute atomic E-state index is 0.0464. The summed E-state index contributed by atoms with van der Waals surface area (Å²) in [6.45, 7) is 9.41. The average molecular weight is 363 g/mol. The van der Waals surface area contributed by atoms with Crippen LogP contribution in [0.4, 0.5) is 0 Å². The van der Waals surface area contributed by atoms with Gasteiger partial charge in [-0.3, -0.25) is 9.59 Å². The van der Waals surface area contributed by atoms with Gasteiger partial charge in [-0.2, -0.15) is 0 Å². The van der Waals surface area contributed by atoms with Crippen LogP contribution < -0.4 is 0 Å². The molecule has 1 aromatic heterocycles. The molecule has 0 spiro atoms. The zero-order valence-corrected chi connectivity index (χ0v) is 16.6. The van der Waals surface area contributed by atoms with E-state index in [0.29, 0.717) is 24.1 Å². The second-order valence-electron chi connectivity index (χ2n) is 9.07. The van der Waals surface area contributed by atoms with Gasteiger partial charge in [0.05, 0.1) is 14.3 Å².